The van der Waals surface area contributed by atoms with E-state index < -0.39 is 0 Å². The Morgan fingerprint density at radius 3 is 2.21 bits per heavy atom. The molecule has 39 heavy (non-hydrogen) atoms. The second-order valence-corrected chi connectivity index (χ2v) is 11.3. The van der Waals surface area contributed by atoms with Gasteiger partial charge in [0.15, 0.2) is 0 Å². The second-order valence-electron chi connectivity index (χ2n) is 11.3. The molecule has 0 fully saturated rings. The minimum Gasteiger partial charge on any atom is -0.456 e. The van der Waals surface area contributed by atoms with Crippen LogP contribution in [0, 0.1) is 0 Å². The van der Waals surface area contributed by atoms with Crippen LogP contribution in [0.5, 0.6) is 0 Å². The molecule has 1 aliphatic rings. The normalized spacial score (nSPS) is 14.1. The molecule has 6 aromatic carbocycles. The van der Waals surface area contributed by atoms with Crippen LogP contribution in [-0.4, -0.2) is 4.57 Å². The fraction of sp³-hybridized carbons (Fsp3) is 0.0811. The molecule has 3 heterocycles. The molecule has 0 atom stereocenters. The first-order valence-corrected chi connectivity index (χ1v) is 13.6. The summed E-state index contributed by atoms with van der Waals surface area (Å²) in [6, 6.07) is 41.8. The Balaban J connectivity index is 1.52. The number of hydrogen-bond acceptors (Lipinski definition) is 1. The molecule has 9 rings (SSSR count). The monoisotopic (exact) mass is 499 g/mol. The predicted octanol–water partition coefficient (Wildman–Crippen LogP) is 10.1. The van der Waals surface area contributed by atoms with Gasteiger partial charge >= 0.3 is 0 Å². The maximum atomic E-state index is 6.31. The maximum absolute atomic E-state index is 6.31. The lowest BCUT2D eigenvalue weighted by molar-refractivity contribution is 0.633. The van der Waals surface area contributed by atoms with Crippen LogP contribution in [0.4, 0.5) is 0 Å². The average Bonchev–Trinajstić information content (AvgIpc) is 3.51. The standard InChI is InChI=1S/C37H25NO/c1-37(2)29-21-18-22-10-3-4-11-23(22)35(29)38-30-15-7-5-12-24(30)27-20-19-26(34(37)36(27)38)25-14-9-17-32-33(25)28-13-6-8-16-31(28)39-32/h3-21H,1-2H3. The molecule has 2 nitrogen and oxygen atoms in total. The summed E-state index contributed by atoms with van der Waals surface area (Å²) in [5.74, 6) is 0. The largest absolute Gasteiger partial charge is 0.456 e. The lowest BCUT2D eigenvalue weighted by atomic mass is 9.71. The molecule has 0 bridgehead atoms. The van der Waals surface area contributed by atoms with Crippen LogP contribution in [0.3, 0.4) is 0 Å². The molecule has 0 aliphatic carbocycles. The van der Waals surface area contributed by atoms with Crippen molar-refractivity contribution in [2.75, 3.05) is 0 Å². The highest BCUT2D eigenvalue weighted by Gasteiger charge is 2.38. The first-order valence-electron chi connectivity index (χ1n) is 13.6. The van der Waals surface area contributed by atoms with E-state index in [4.69, 9.17) is 4.42 Å². The smallest absolute Gasteiger partial charge is 0.136 e. The fourth-order valence-corrected chi connectivity index (χ4v) is 7.28. The fourth-order valence-electron chi connectivity index (χ4n) is 7.28. The van der Waals surface area contributed by atoms with Crippen molar-refractivity contribution in [2.24, 2.45) is 0 Å². The Morgan fingerprint density at radius 2 is 1.31 bits per heavy atom. The molecule has 1 aliphatic heterocycles. The van der Waals surface area contributed by atoms with Crippen LogP contribution in [0.15, 0.2) is 120 Å². The summed E-state index contributed by atoms with van der Waals surface area (Å²) in [6.45, 7) is 4.79. The molecule has 0 saturated heterocycles. The van der Waals surface area contributed by atoms with E-state index in [1.807, 2.05) is 6.07 Å². The van der Waals surface area contributed by atoms with Gasteiger partial charge in [-0.15, -0.1) is 0 Å². The third-order valence-electron chi connectivity index (χ3n) is 8.95. The molecule has 2 aromatic heterocycles. The molecule has 0 unspecified atom stereocenters. The van der Waals surface area contributed by atoms with E-state index in [0.717, 1.165) is 16.6 Å². The van der Waals surface area contributed by atoms with Gasteiger partial charge < -0.3 is 8.98 Å². The Bertz CT molecular complexity index is 2310. The first-order chi connectivity index (χ1) is 19.1. The van der Waals surface area contributed by atoms with E-state index in [0.29, 0.717) is 0 Å². The summed E-state index contributed by atoms with van der Waals surface area (Å²) >= 11 is 0. The number of aromatic nitrogens is 1. The van der Waals surface area contributed by atoms with E-state index in [2.05, 4.69) is 128 Å². The van der Waals surface area contributed by atoms with Gasteiger partial charge in [-0.3, -0.25) is 0 Å². The molecule has 2 heteroatoms. The highest BCUT2D eigenvalue weighted by Crippen LogP contribution is 2.53. The van der Waals surface area contributed by atoms with Crippen molar-refractivity contribution in [1.82, 2.24) is 4.57 Å². The zero-order valence-corrected chi connectivity index (χ0v) is 21.8. The molecule has 8 aromatic rings. The van der Waals surface area contributed by atoms with Gasteiger partial charge in [-0.05, 0) is 45.8 Å². The van der Waals surface area contributed by atoms with E-state index in [1.54, 1.807) is 0 Å². The Hall–Kier alpha value is -4.82. The molecule has 184 valence electrons. The Labute approximate surface area is 225 Å². The molecule has 0 saturated carbocycles. The number of benzene rings is 6. The van der Waals surface area contributed by atoms with Gasteiger partial charge in [0.2, 0.25) is 0 Å². The minimum atomic E-state index is -0.222. The van der Waals surface area contributed by atoms with Crippen molar-refractivity contribution in [2.45, 2.75) is 19.3 Å². The molecular formula is C37H25NO. The maximum Gasteiger partial charge on any atom is 0.136 e. The van der Waals surface area contributed by atoms with E-state index in [1.165, 1.54) is 65.9 Å². The van der Waals surface area contributed by atoms with Crippen LogP contribution < -0.4 is 0 Å². The number of hydrogen-bond donors (Lipinski definition) is 0. The number of furan rings is 1. The van der Waals surface area contributed by atoms with Gasteiger partial charge in [0.1, 0.15) is 11.2 Å². The van der Waals surface area contributed by atoms with Crippen LogP contribution in [-0.2, 0) is 5.41 Å². The third kappa shape index (κ3) is 2.56. The van der Waals surface area contributed by atoms with Gasteiger partial charge in [0.25, 0.3) is 0 Å². The van der Waals surface area contributed by atoms with Crippen molar-refractivity contribution in [1.29, 1.82) is 0 Å². The van der Waals surface area contributed by atoms with Gasteiger partial charge in [0.05, 0.1) is 16.7 Å². The quantitative estimate of drug-likeness (QED) is 0.220. The highest BCUT2D eigenvalue weighted by molar-refractivity contribution is 6.17. The predicted molar refractivity (Wildman–Crippen MR) is 163 cm³/mol. The summed E-state index contributed by atoms with van der Waals surface area (Å²) in [5.41, 5.74) is 10.7. The summed E-state index contributed by atoms with van der Waals surface area (Å²) < 4.78 is 8.85. The van der Waals surface area contributed by atoms with Gasteiger partial charge in [0, 0.05) is 32.3 Å². The van der Waals surface area contributed by atoms with Gasteiger partial charge in [-0.2, -0.15) is 0 Å². The Kier molecular flexibility index (Phi) is 3.89. The van der Waals surface area contributed by atoms with E-state index >= 15 is 0 Å². The number of nitrogens with zero attached hydrogens (tertiary/aromatic N) is 1. The van der Waals surface area contributed by atoms with Crippen molar-refractivity contribution in [3.05, 3.63) is 126 Å². The lowest BCUT2D eigenvalue weighted by Gasteiger charge is -2.37. The molecule has 0 spiro atoms. The topological polar surface area (TPSA) is 18.1 Å². The lowest BCUT2D eigenvalue weighted by Crippen LogP contribution is -2.27. The summed E-state index contributed by atoms with van der Waals surface area (Å²) in [7, 11) is 0. The number of rotatable bonds is 1. The molecular weight excluding hydrogens is 474 g/mol. The van der Waals surface area contributed by atoms with Crippen molar-refractivity contribution < 1.29 is 4.42 Å². The summed E-state index contributed by atoms with van der Waals surface area (Å²) in [5, 5.41) is 7.52. The number of para-hydroxylation sites is 2. The van der Waals surface area contributed by atoms with Crippen LogP contribution in [0.1, 0.15) is 25.0 Å². The molecule has 0 amide bonds. The van der Waals surface area contributed by atoms with E-state index in [-0.39, 0.29) is 5.41 Å². The van der Waals surface area contributed by atoms with Crippen LogP contribution >= 0.6 is 0 Å². The summed E-state index contributed by atoms with van der Waals surface area (Å²) in [6.07, 6.45) is 0. The minimum absolute atomic E-state index is 0.222. The van der Waals surface area contributed by atoms with Crippen LogP contribution in [0.25, 0.3) is 71.3 Å². The molecule has 0 N–H and O–H groups in total. The number of fused-ring (bicyclic) bond motifs is 10. The average molecular weight is 500 g/mol. The van der Waals surface area contributed by atoms with Crippen molar-refractivity contribution in [3.8, 4) is 16.8 Å². The van der Waals surface area contributed by atoms with Crippen LogP contribution in [0.2, 0.25) is 0 Å². The van der Waals surface area contributed by atoms with Gasteiger partial charge in [-0.1, -0.05) is 111 Å². The van der Waals surface area contributed by atoms with Crippen molar-refractivity contribution in [3.63, 3.8) is 0 Å². The summed E-state index contributed by atoms with van der Waals surface area (Å²) in [4.78, 5) is 0. The van der Waals surface area contributed by atoms with Crippen molar-refractivity contribution >= 4 is 54.5 Å². The Morgan fingerprint density at radius 1 is 0.564 bits per heavy atom. The highest BCUT2D eigenvalue weighted by atomic mass is 16.3. The van der Waals surface area contributed by atoms with Gasteiger partial charge in [-0.25, -0.2) is 0 Å². The second kappa shape index (κ2) is 7.18. The van der Waals surface area contributed by atoms with E-state index in [9.17, 15) is 0 Å². The SMILES string of the molecule is CC1(C)c2ccc3ccccc3c2-n2c3ccccc3c3ccc(-c4cccc5oc6ccccc6c45)c1c32. The zero-order chi connectivity index (χ0) is 25.9. The molecule has 0 radical (unpaired) electrons. The first kappa shape index (κ1) is 21.2. The third-order valence-corrected chi connectivity index (χ3v) is 8.95. The zero-order valence-electron chi connectivity index (χ0n) is 21.8.